The third-order valence-corrected chi connectivity index (χ3v) is 2.19. The number of rotatable bonds is 3. The van der Waals surface area contributed by atoms with Gasteiger partial charge in [0, 0.05) is 0 Å². The van der Waals surface area contributed by atoms with Gasteiger partial charge in [-0.3, -0.25) is 9.59 Å². The monoisotopic (exact) mass is 222 g/mol. The largest absolute Gasteiger partial charge is 0.393 e. The highest BCUT2D eigenvalue weighted by Crippen LogP contribution is 2.34. The molecule has 84 valence electrons. The third-order valence-electron chi connectivity index (χ3n) is 2.19. The molecular formula is C9H9F3O3. The maximum absolute atomic E-state index is 12.1. The molecule has 6 heteroatoms. The average molecular weight is 222 g/mol. The summed E-state index contributed by atoms with van der Waals surface area (Å²) in [5, 5.41) is 0. The molecule has 1 fully saturated rings. The lowest BCUT2D eigenvalue weighted by atomic mass is 9.88. The number of carbonyl (C=O) groups excluding carboxylic acids is 2. The number of ether oxygens (including phenoxy) is 1. The van der Waals surface area contributed by atoms with E-state index in [4.69, 9.17) is 0 Å². The van der Waals surface area contributed by atoms with Crippen LogP contribution in [0.15, 0.2) is 12.7 Å². The summed E-state index contributed by atoms with van der Waals surface area (Å²) >= 11 is 0. The number of hydrogen-bond donors (Lipinski definition) is 0. The molecule has 0 spiro atoms. The fourth-order valence-corrected chi connectivity index (χ4v) is 1.48. The molecule has 2 unspecified atom stereocenters. The average Bonchev–Trinajstić information content (AvgIpc) is 2.39. The van der Waals surface area contributed by atoms with Crippen LogP contribution in [0.25, 0.3) is 0 Å². The van der Waals surface area contributed by atoms with Gasteiger partial charge < -0.3 is 4.74 Å². The molecule has 0 radical (unpaired) electrons. The standard InChI is InChI=1S/C9H9F3O3/c1-2-5(4-9(10,11)12)6-3-7(13)15-8(6)14/h2,5-6H,1,3-4H2. The molecule has 0 saturated carbocycles. The van der Waals surface area contributed by atoms with Crippen molar-refractivity contribution in [3.05, 3.63) is 12.7 Å². The normalized spacial score (nSPS) is 23.8. The molecule has 0 aromatic heterocycles. The van der Waals surface area contributed by atoms with Crippen molar-refractivity contribution in [2.75, 3.05) is 0 Å². The van der Waals surface area contributed by atoms with Gasteiger partial charge >= 0.3 is 18.1 Å². The Kier molecular flexibility index (Phi) is 3.16. The summed E-state index contributed by atoms with van der Waals surface area (Å²) in [7, 11) is 0. The van der Waals surface area contributed by atoms with Crippen LogP contribution in [-0.2, 0) is 14.3 Å². The highest BCUT2D eigenvalue weighted by Gasteiger charge is 2.42. The van der Waals surface area contributed by atoms with E-state index in [0.29, 0.717) is 0 Å². The summed E-state index contributed by atoms with van der Waals surface area (Å²) in [5.41, 5.74) is 0. The maximum atomic E-state index is 12.1. The molecular weight excluding hydrogens is 213 g/mol. The fraction of sp³-hybridized carbons (Fsp3) is 0.556. The fourth-order valence-electron chi connectivity index (χ4n) is 1.48. The van der Waals surface area contributed by atoms with Crippen LogP contribution in [0.5, 0.6) is 0 Å². The second-order valence-electron chi connectivity index (χ2n) is 3.32. The summed E-state index contributed by atoms with van der Waals surface area (Å²) in [6.45, 7) is 3.23. The van der Waals surface area contributed by atoms with Crippen LogP contribution in [0.1, 0.15) is 12.8 Å². The van der Waals surface area contributed by atoms with Gasteiger partial charge in [0.15, 0.2) is 0 Å². The minimum atomic E-state index is -4.38. The summed E-state index contributed by atoms with van der Waals surface area (Å²) < 4.78 is 40.4. The lowest BCUT2D eigenvalue weighted by molar-refractivity contribution is -0.155. The van der Waals surface area contributed by atoms with Crippen molar-refractivity contribution in [2.24, 2.45) is 11.8 Å². The first kappa shape index (κ1) is 11.7. The van der Waals surface area contributed by atoms with Gasteiger partial charge in [-0.05, 0) is 5.92 Å². The molecule has 0 bridgehead atoms. The molecule has 0 aromatic carbocycles. The molecule has 0 amide bonds. The van der Waals surface area contributed by atoms with Crippen molar-refractivity contribution in [2.45, 2.75) is 19.0 Å². The van der Waals surface area contributed by atoms with Crippen molar-refractivity contribution in [3.8, 4) is 0 Å². The zero-order chi connectivity index (χ0) is 11.6. The van der Waals surface area contributed by atoms with Gasteiger partial charge in [0.1, 0.15) is 0 Å². The van der Waals surface area contributed by atoms with Crippen LogP contribution in [0.3, 0.4) is 0 Å². The van der Waals surface area contributed by atoms with E-state index in [2.05, 4.69) is 11.3 Å². The van der Waals surface area contributed by atoms with Crippen LogP contribution in [0, 0.1) is 11.8 Å². The zero-order valence-electron chi connectivity index (χ0n) is 7.71. The lowest BCUT2D eigenvalue weighted by Crippen LogP contribution is -2.23. The molecule has 0 N–H and O–H groups in total. The SMILES string of the molecule is C=CC(CC(F)(F)F)C1CC(=O)OC1=O. The molecule has 1 aliphatic heterocycles. The van der Waals surface area contributed by atoms with Gasteiger partial charge in [0.25, 0.3) is 0 Å². The number of esters is 2. The summed E-state index contributed by atoms with van der Waals surface area (Å²) in [5.74, 6) is -3.81. The minimum absolute atomic E-state index is 0.300. The van der Waals surface area contributed by atoms with Gasteiger partial charge in [0.2, 0.25) is 0 Å². The molecule has 0 aromatic rings. The Labute approximate surface area is 83.9 Å². The van der Waals surface area contributed by atoms with E-state index in [9.17, 15) is 22.8 Å². The number of halogens is 3. The van der Waals surface area contributed by atoms with Crippen molar-refractivity contribution >= 4 is 11.9 Å². The molecule has 2 atom stereocenters. The smallest absolute Gasteiger partial charge is 0.389 e. The zero-order valence-corrected chi connectivity index (χ0v) is 7.71. The Bertz CT molecular complexity index is 295. The second-order valence-corrected chi connectivity index (χ2v) is 3.32. The highest BCUT2D eigenvalue weighted by atomic mass is 19.4. The molecule has 1 aliphatic rings. The van der Waals surface area contributed by atoms with Crippen molar-refractivity contribution < 1.29 is 27.5 Å². The van der Waals surface area contributed by atoms with Crippen molar-refractivity contribution in [1.82, 2.24) is 0 Å². The Morgan fingerprint density at radius 1 is 1.53 bits per heavy atom. The predicted molar refractivity (Wildman–Crippen MR) is 43.6 cm³/mol. The number of carbonyl (C=O) groups is 2. The Morgan fingerprint density at radius 2 is 2.13 bits per heavy atom. The topological polar surface area (TPSA) is 43.4 Å². The van der Waals surface area contributed by atoms with E-state index in [1.807, 2.05) is 0 Å². The summed E-state index contributed by atoms with van der Waals surface area (Å²) in [6, 6.07) is 0. The van der Waals surface area contributed by atoms with E-state index in [0.717, 1.165) is 6.08 Å². The quantitative estimate of drug-likeness (QED) is 0.415. The van der Waals surface area contributed by atoms with Gasteiger partial charge in [-0.1, -0.05) is 6.08 Å². The number of alkyl halides is 3. The second kappa shape index (κ2) is 4.04. The molecule has 15 heavy (non-hydrogen) atoms. The maximum Gasteiger partial charge on any atom is 0.389 e. The van der Waals surface area contributed by atoms with E-state index in [1.165, 1.54) is 0 Å². The van der Waals surface area contributed by atoms with Crippen LogP contribution in [0.4, 0.5) is 13.2 Å². The van der Waals surface area contributed by atoms with Gasteiger partial charge in [-0.25, -0.2) is 0 Å². The van der Waals surface area contributed by atoms with E-state index >= 15 is 0 Å². The lowest BCUT2D eigenvalue weighted by Gasteiger charge is -2.17. The Hall–Kier alpha value is -1.33. The van der Waals surface area contributed by atoms with Gasteiger partial charge in [-0.2, -0.15) is 13.2 Å². The third kappa shape index (κ3) is 3.07. The Balaban J connectivity index is 2.71. The molecule has 1 saturated heterocycles. The van der Waals surface area contributed by atoms with Crippen LogP contribution in [0.2, 0.25) is 0 Å². The highest BCUT2D eigenvalue weighted by molar-refractivity contribution is 5.94. The van der Waals surface area contributed by atoms with Crippen LogP contribution < -0.4 is 0 Å². The predicted octanol–water partition coefficient (Wildman–Crippen LogP) is 1.83. The molecule has 0 aliphatic carbocycles. The molecule has 1 heterocycles. The minimum Gasteiger partial charge on any atom is -0.393 e. The molecule has 1 rings (SSSR count). The number of hydrogen-bond acceptors (Lipinski definition) is 3. The first-order valence-corrected chi connectivity index (χ1v) is 4.27. The van der Waals surface area contributed by atoms with E-state index in [-0.39, 0.29) is 6.42 Å². The first-order chi connectivity index (χ1) is 6.83. The van der Waals surface area contributed by atoms with Crippen LogP contribution >= 0.6 is 0 Å². The van der Waals surface area contributed by atoms with E-state index in [1.54, 1.807) is 0 Å². The van der Waals surface area contributed by atoms with E-state index < -0.39 is 36.4 Å². The molecule has 3 nitrogen and oxygen atoms in total. The number of allylic oxidation sites excluding steroid dienone is 1. The summed E-state index contributed by atoms with van der Waals surface area (Å²) in [6.07, 6.45) is -4.81. The van der Waals surface area contributed by atoms with Crippen molar-refractivity contribution in [1.29, 1.82) is 0 Å². The Morgan fingerprint density at radius 3 is 2.47 bits per heavy atom. The van der Waals surface area contributed by atoms with Gasteiger partial charge in [-0.15, -0.1) is 6.58 Å². The summed E-state index contributed by atoms with van der Waals surface area (Å²) in [4.78, 5) is 21.7. The number of cyclic esters (lactones) is 2. The van der Waals surface area contributed by atoms with Gasteiger partial charge in [0.05, 0.1) is 18.8 Å². The van der Waals surface area contributed by atoms with Crippen molar-refractivity contribution in [3.63, 3.8) is 0 Å². The first-order valence-electron chi connectivity index (χ1n) is 4.27. The van der Waals surface area contributed by atoms with Crippen LogP contribution in [-0.4, -0.2) is 18.1 Å².